The molecule has 3 amide bonds. The third-order valence-corrected chi connectivity index (χ3v) is 19.2. The number of amides is 3. The van der Waals surface area contributed by atoms with Crippen LogP contribution in [0.15, 0.2) is 54.7 Å². The molecule has 446 valence electrons. The molecule has 2 aliphatic carbocycles. The molecule has 8 fully saturated rings. The number of pyridine rings is 1. The largest absolute Gasteiger partial charge is 0.464 e. The molecular weight excluding hydrogens is 1070 g/mol. The molecule has 13 rings (SSSR count). The van der Waals surface area contributed by atoms with Gasteiger partial charge in [0.1, 0.15) is 30.3 Å². The summed E-state index contributed by atoms with van der Waals surface area (Å²) in [5, 5.41) is 20.1. The zero-order chi connectivity index (χ0) is 57.5. The number of piperazine rings is 1. The molecule has 21 heteroatoms. The van der Waals surface area contributed by atoms with Crippen LogP contribution >= 0.6 is 0 Å². The van der Waals surface area contributed by atoms with E-state index in [1.807, 2.05) is 61.2 Å². The van der Waals surface area contributed by atoms with Gasteiger partial charge < -0.3 is 39.0 Å². The van der Waals surface area contributed by atoms with E-state index in [0.29, 0.717) is 106 Å². The lowest BCUT2D eigenvalue weighted by molar-refractivity contribution is -0.197. The van der Waals surface area contributed by atoms with Crippen molar-refractivity contribution in [3.05, 3.63) is 71.5 Å². The maximum Gasteiger partial charge on any atom is 0.406 e. The Kier molecular flexibility index (Phi) is 15.2. The molecule has 7 aliphatic heterocycles. The molecule has 2 saturated carbocycles. The fourth-order valence-electron chi connectivity index (χ4n) is 14.8. The topological polar surface area (TPSA) is 196 Å². The Morgan fingerprint density at radius 1 is 0.928 bits per heavy atom. The van der Waals surface area contributed by atoms with Crippen molar-refractivity contribution in [1.82, 2.24) is 45.3 Å². The third kappa shape index (κ3) is 11.6. The second-order valence-corrected chi connectivity index (χ2v) is 26.2. The molecule has 6 saturated heterocycles. The van der Waals surface area contributed by atoms with Crippen molar-refractivity contribution in [1.29, 1.82) is 0 Å². The summed E-state index contributed by atoms with van der Waals surface area (Å²) in [5.41, 5.74) is 6.55. The monoisotopic (exact) mass is 1150 g/mol. The first kappa shape index (κ1) is 56.5. The summed E-state index contributed by atoms with van der Waals surface area (Å²) in [6.07, 6.45) is 3.13. The highest BCUT2D eigenvalue weighted by Gasteiger charge is 2.58. The molecule has 83 heavy (non-hydrogen) atoms. The number of fused-ring (bicyclic) bond motifs is 7. The van der Waals surface area contributed by atoms with E-state index in [9.17, 15) is 14.7 Å². The van der Waals surface area contributed by atoms with E-state index >= 15 is 22.8 Å². The fourth-order valence-corrected chi connectivity index (χ4v) is 14.8. The van der Waals surface area contributed by atoms with Crippen LogP contribution in [0.2, 0.25) is 0 Å². The van der Waals surface area contributed by atoms with Crippen molar-refractivity contribution in [2.75, 3.05) is 90.2 Å². The zero-order valence-electron chi connectivity index (χ0n) is 47.9. The Hall–Kier alpha value is -5.68. The van der Waals surface area contributed by atoms with E-state index < -0.39 is 53.9 Å². The van der Waals surface area contributed by atoms with Crippen molar-refractivity contribution >= 4 is 40.3 Å². The molecule has 9 aliphatic rings. The number of cyclic esters (lactones) is 1. The lowest BCUT2D eigenvalue weighted by atomic mass is 9.84. The molecule has 2 aromatic carbocycles. The number of hydrogen-bond donors (Lipinski definition) is 4. The molecule has 6 bridgehead atoms. The van der Waals surface area contributed by atoms with Gasteiger partial charge in [-0.2, -0.15) is 13.2 Å². The lowest BCUT2D eigenvalue weighted by Gasteiger charge is -2.55. The van der Waals surface area contributed by atoms with Crippen molar-refractivity contribution < 1.29 is 51.7 Å². The van der Waals surface area contributed by atoms with Gasteiger partial charge in [-0.3, -0.25) is 44.3 Å². The molecule has 4 aromatic rings. The van der Waals surface area contributed by atoms with E-state index in [-0.39, 0.29) is 72.6 Å². The maximum atomic E-state index is 15.3. The number of morpholine rings is 2. The number of halogens is 3. The fraction of sp³-hybridized carbons (Fsp3) is 0.629. The number of hydrogen-bond acceptors (Lipinski definition) is 14. The number of alkyl halides is 3. The minimum atomic E-state index is -4.64. The smallest absolute Gasteiger partial charge is 0.406 e. The Morgan fingerprint density at radius 3 is 2.52 bits per heavy atom. The Morgan fingerprint density at radius 2 is 1.73 bits per heavy atom. The van der Waals surface area contributed by atoms with Crippen LogP contribution in [-0.2, 0) is 52.8 Å². The summed E-state index contributed by atoms with van der Waals surface area (Å²) in [6, 6.07) is 12.9. The van der Waals surface area contributed by atoms with Gasteiger partial charge >= 0.3 is 12.1 Å². The van der Waals surface area contributed by atoms with Gasteiger partial charge in [0.15, 0.2) is 0 Å². The first-order valence-corrected chi connectivity index (χ1v) is 30.4. The normalized spacial score (nSPS) is 27.8. The van der Waals surface area contributed by atoms with Crippen LogP contribution < -0.4 is 21.0 Å². The number of aliphatic hydroxyl groups is 1. The highest BCUT2D eigenvalue weighted by Crippen LogP contribution is 2.45. The van der Waals surface area contributed by atoms with Crippen LogP contribution in [0.3, 0.4) is 0 Å². The van der Waals surface area contributed by atoms with E-state index in [1.54, 1.807) is 19.2 Å². The minimum absolute atomic E-state index is 0.0465. The summed E-state index contributed by atoms with van der Waals surface area (Å²) in [6.45, 7) is 10.8. The number of aliphatic hydroxyl groups excluding tert-OH is 1. The molecule has 7 atom stereocenters. The van der Waals surface area contributed by atoms with Crippen LogP contribution in [0, 0.1) is 17.3 Å². The van der Waals surface area contributed by atoms with Gasteiger partial charge in [0.05, 0.1) is 81.0 Å². The third-order valence-electron chi connectivity index (χ3n) is 19.2. The molecule has 18 nitrogen and oxygen atoms in total. The molecule has 4 N–H and O–H groups in total. The lowest BCUT2D eigenvalue weighted by Crippen LogP contribution is -2.73. The molecule has 0 unspecified atom stereocenters. The minimum Gasteiger partial charge on any atom is -0.464 e. The van der Waals surface area contributed by atoms with Crippen LogP contribution in [0.4, 0.5) is 18.9 Å². The van der Waals surface area contributed by atoms with Crippen molar-refractivity contribution in [2.45, 2.75) is 146 Å². The van der Waals surface area contributed by atoms with Gasteiger partial charge in [0, 0.05) is 80.2 Å². The van der Waals surface area contributed by atoms with Crippen LogP contribution in [0.1, 0.15) is 95.1 Å². The van der Waals surface area contributed by atoms with Crippen LogP contribution in [-0.4, -0.2) is 191 Å². The average molecular weight is 1150 g/mol. The first-order valence-electron chi connectivity index (χ1n) is 30.4. The highest BCUT2D eigenvalue weighted by atomic mass is 19.4. The van der Waals surface area contributed by atoms with E-state index in [0.717, 1.165) is 61.2 Å². The second-order valence-electron chi connectivity index (χ2n) is 26.2. The number of nitrogens with one attached hydrogen (secondary N) is 3. The number of rotatable bonds is 10. The predicted molar refractivity (Wildman–Crippen MR) is 304 cm³/mol. The Bertz CT molecular complexity index is 3140. The molecule has 0 radical (unpaired) electrons. The van der Waals surface area contributed by atoms with E-state index in [4.69, 9.17) is 19.2 Å². The molecule has 1 spiro atoms. The van der Waals surface area contributed by atoms with Crippen LogP contribution in [0.5, 0.6) is 0 Å². The quantitative estimate of drug-likeness (QED) is 0.117. The highest BCUT2D eigenvalue weighted by molar-refractivity contribution is 5.96. The molecular formula is C62H79F3N10O8. The number of carbonyl (C=O) groups excluding carboxylic acids is 4. The first-order chi connectivity index (χ1) is 39.9. The number of aromatic nitrogens is 2. The van der Waals surface area contributed by atoms with E-state index in [1.165, 1.54) is 22.4 Å². The van der Waals surface area contributed by atoms with Gasteiger partial charge in [-0.1, -0.05) is 57.0 Å². The molecule has 2 aromatic heterocycles. The summed E-state index contributed by atoms with van der Waals surface area (Å²) in [7, 11) is 0. The standard InChI is InChI=1S/C62H79F3N10O8/c1-37(76)51-46(27-43(29-66-51)71-19-18-70-20-22-81-31-44(70)30-71)55-47-28-60(2,3)36-82-59(80)48-12-7-17-75(69-48)57(78)49(25-38-8-6-11-41(24-38)42-15-16-50(45(47)26-42)74(55)35-62(63,64)65)67-56(77)54(40-9-4-5-10-40)72-21-23-83-61(32-72)33-73(34-61)58(79)53-52(68-53)39-13-14-39/h6,8,11,15-16,24,26-27,29,37,39-40,44,48-49,52-54,68-69,76H,4-5,7,9-10,12-14,17-23,25,28,30-36H2,1-3H3,(H,67,77)/t37-,44-,48-,49-,52+,53+,54-/m0/s1. The summed E-state index contributed by atoms with van der Waals surface area (Å²) >= 11 is 0. The Labute approximate surface area is 482 Å². The van der Waals surface area contributed by atoms with Crippen molar-refractivity contribution in [3.8, 4) is 22.4 Å². The summed E-state index contributed by atoms with van der Waals surface area (Å²) in [4.78, 5) is 71.7. The van der Waals surface area contributed by atoms with Crippen LogP contribution in [0.25, 0.3) is 33.3 Å². The number of benzene rings is 2. The Balaban J connectivity index is 0.853. The summed E-state index contributed by atoms with van der Waals surface area (Å²) in [5.74, 6) is -0.438. The van der Waals surface area contributed by atoms with Gasteiger partial charge in [0.25, 0.3) is 5.91 Å². The average Bonchev–Trinajstić information content (AvgIpc) is 4.56. The van der Waals surface area contributed by atoms with Crippen molar-refractivity contribution in [3.63, 3.8) is 0 Å². The number of likely N-dealkylation sites (tertiary alicyclic amines) is 1. The van der Waals surface area contributed by atoms with Gasteiger partial charge in [-0.15, -0.1) is 0 Å². The number of ether oxygens (including phenoxy) is 3. The van der Waals surface area contributed by atoms with Gasteiger partial charge in [-0.05, 0) is 104 Å². The number of nitrogens with zero attached hydrogens (tertiary/aromatic N) is 7. The zero-order valence-corrected chi connectivity index (χ0v) is 47.9. The maximum absolute atomic E-state index is 15.3. The second kappa shape index (κ2) is 22.3. The predicted octanol–water partition coefficient (Wildman–Crippen LogP) is 5.38. The number of carbonyl (C=O) groups is 4. The van der Waals surface area contributed by atoms with Gasteiger partial charge in [0.2, 0.25) is 11.8 Å². The number of anilines is 1. The SMILES string of the molecule is C[C@H](O)c1ncc(N2CCN3CCOC[C@@H]3C2)cc1-c1c2c3cc(ccc3n1CC(F)(F)F)-c1cccc(c1)C[C@H](NC(=O)[C@H](C1CCCC1)N1CCOC3(CN(C(=O)[C@@H]4N[C@@H]4C4CC4)C3)C1)C(=O)N1CCC[C@H](N1)C(=O)OCC(C)(C)C2. The number of esters is 1. The summed E-state index contributed by atoms with van der Waals surface area (Å²) < 4.78 is 65.4. The molecule has 9 heterocycles. The van der Waals surface area contributed by atoms with Gasteiger partial charge in [-0.25, -0.2) is 5.43 Å². The number of hydrazine groups is 1. The van der Waals surface area contributed by atoms with Crippen molar-refractivity contribution in [2.24, 2.45) is 17.3 Å². The van der Waals surface area contributed by atoms with E-state index in [2.05, 4.69) is 30.8 Å².